The number of aromatic carboxylic acids is 1. The first kappa shape index (κ1) is 15.0. The van der Waals surface area contributed by atoms with E-state index in [1.807, 2.05) is 0 Å². The Kier molecular flexibility index (Phi) is 4.57. The van der Waals surface area contributed by atoms with Gasteiger partial charge >= 0.3 is 5.97 Å². The molecule has 108 valence electrons. The third kappa shape index (κ3) is 3.59. The van der Waals surface area contributed by atoms with E-state index in [-0.39, 0.29) is 10.6 Å². The molecule has 2 rings (SSSR count). The number of rotatable bonds is 4. The fourth-order valence-corrected chi connectivity index (χ4v) is 2.03. The van der Waals surface area contributed by atoms with Crippen LogP contribution in [0, 0.1) is 0 Å². The average molecular weight is 306 g/mol. The number of anilines is 1. The Morgan fingerprint density at radius 1 is 1.10 bits per heavy atom. The van der Waals surface area contributed by atoms with E-state index >= 15 is 0 Å². The lowest BCUT2D eigenvalue weighted by Gasteiger charge is -2.12. The van der Waals surface area contributed by atoms with E-state index in [1.54, 1.807) is 30.3 Å². The number of aliphatic hydroxyl groups is 1. The summed E-state index contributed by atoms with van der Waals surface area (Å²) in [4.78, 5) is 22.8. The highest BCUT2D eigenvalue weighted by atomic mass is 35.5. The normalized spacial score (nSPS) is 11.7. The highest BCUT2D eigenvalue weighted by Gasteiger charge is 2.18. The lowest BCUT2D eigenvalue weighted by atomic mass is 10.1. The van der Waals surface area contributed by atoms with Crippen LogP contribution in [0.2, 0.25) is 5.02 Å². The minimum Gasteiger partial charge on any atom is -0.478 e. The summed E-state index contributed by atoms with van der Waals surface area (Å²) in [6.07, 6.45) is -1.32. The van der Waals surface area contributed by atoms with E-state index in [2.05, 4.69) is 5.32 Å². The molecule has 1 amide bonds. The van der Waals surface area contributed by atoms with Crippen LogP contribution in [0.5, 0.6) is 0 Å². The van der Waals surface area contributed by atoms with E-state index < -0.39 is 18.0 Å². The molecule has 0 aliphatic carbocycles. The highest BCUT2D eigenvalue weighted by molar-refractivity contribution is 6.33. The molecule has 3 N–H and O–H groups in total. The Hall–Kier alpha value is -2.37. The molecule has 5 nitrogen and oxygen atoms in total. The number of amides is 1. The van der Waals surface area contributed by atoms with E-state index in [0.29, 0.717) is 11.3 Å². The van der Waals surface area contributed by atoms with Crippen molar-refractivity contribution in [1.82, 2.24) is 0 Å². The van der Waals surface area contributed by atoms with Crippen LogP contribution in [0.4, 0.5) is 5.69 Å². The maximum absolute atomic E-state index is 11.9. The number of hydrogen-bond donors (Lipinski definition) is 3. The maximum Gasteiger partial charge on any atom is 0.337 e. The number of aliphatic hydroxyl groups excluding tert-OH is 1. The standard InChI is InChI=1S/C15H12ClNO4/c16-12-8-10(6-7-11(12)15(20)21)17-14(19)13(18)9-4-2-1-3-5-9/h1-8,13,18H,(H,17,19)(H,20,21). The Bertz CT molecular complexity index is 673. The minimum absolute atomic E-state index is 0.00880. The number of nitrogens with one attached hydrogen (secondary N) is 1. The molecule has 0 bridgehead atoms. The summed E-state index contributed by atoms with van der Waals surface area (Å²) in [5.74, 6) is -1.78. The van der Waals surface area contributed by atoms with Crippen LogP contribution in [0.15, 0.2) is 48.5 Å². The number of benzene rings is 2. The summed E-state index contributed by atoms with van der Waals surface area (Å²) in [6, 6.07) is 12.5. The van der Waals surface area contributed by atoms with Gasteiger partial charge in [-0.1, -0.05) is 41.9 Å². The lowest BCUT2D eigenvalue weighted by Crippen LogP contribution is -2.20. The summed E-state index contributed by atoms with van der Waals surface area (Å²) in [5, 5.41) is 21.3. The quantitative estimate of drug-likeness (QED) is 0.810. The molecule has 0 aromatic heterocycles. The maximum atomic E-state index is 11.9. The van der Waals surface area contributed by atoms with Gasteiger partial charge in [-0.2, -0.15) is 0 Å². The second-order valence-corrected chi connectivity index (χ2v) is 4.71. The van der Waals surface area contributed by atoms with Crippen molar-refractivity contribution in [3.63, 3.8) is 0 Å². The predicted octanol–water partition coefficient (Wildman–Crippen LogP) is 2.71. The summed E-state index contributed by atoms with van der Waals surface area (Å²) in [5.41, 5.74) is 0.714. The van der Waals surface area contributed by atoms with Gasteiger partial charge in [0.1, 0.15) is 0 Å². The van der Waals surface area contributed by atoms with Crippen molar-refractivity contribution in [3.05, 3.63) is 64.7 Å². The summed E-state index contributed by atoms with van der Waals surface area (Å²) in [7, 11) is 0. The van der Waals surface area contributed by atoms with Gasteiger partial charge in [0.25, 0.3) is 5.91 Å². The van der Waals surface area contributed by atoms with E-state index in [9.17, 15) is 14.7 Å². The van der Waals surface area contributed by atoms with Gasteiger partial charge in [-0.25, -0.2) is 4.79 Å². The number of carboxylic acids is 1. The summed E-state index contributed by atoms with van der Waals surface area (Å²) in [6.45, 7) is 0. The third-order valence-electron chi connectivity index (χ3n) is 2.83. The van der Waals surface area contributed by atoms with Crippen LogP contribution in [0.25, 0.3) is 0 Å². The Morgan fingerprint density at radius 3 is 2.33 bits per heavy atom. The first-order valence-corrected chi connectivity index (χ1v) is 6.43. The second kappa shape index (κ2) is 6.39. The predicted molar refractivity (Wildman–Crippen MR) is 78.4 cm³/mol. The molecule has 0 aliphatic rings. The van der Waals surface area contributed by atoms with Crippen LogP contribution in [-0.2, 0) is 4.79 Å². The smallest absolute Gasteiger partial charge is 0.337 e. The van der Waals surface area contributed by atoms with Crippen molar-refractivity contribution < 1.29 is 19.8 Å². The molecule has 0 heterocycles. The molecular formula is C15H12ClNO4. The zero-order valence-corrected chi connectivity index (χ0v) is 11.5. The van der Waals surface area contributed by atoms with Crippen LogP contribution < -0.4 is 5.32 Å². The van der Waals surface area contributed by atoms with Gasteiger partial charge in [-0.05, 0) is 23.8 Å². The monoisotopic (exact) mass is 305 g/mol. The molecule has 0 radical (unpaired) electrons. The number of carbonyl (C=O) groups excluding carboxylic acids is 1. The van der Waals surface area contributed by atoms with E-state index in [1.165, 1.54) is 18.2 Å². The number of carboxylic acid groups (broad SMARTS) is 1. The van der Waals surface area contributed by atoms with Crippen molar-refractivity contribution in [2.24, 2.45) is 0 Å². The minimum atomic E-state index is -1.32. The molecule has 1 unspecified atom stereocenters. The molecule has 0 saturated carbocycles. The number of hydrogen-bond acceptors (Lipinski definition) is 3. The van der Waals surface area contributed by atoms with Crippen molar-refractivity contribution in [2.75, 3.05) is 5.32 Å². The molecule has 2 aromatic carbocycles. The molecule has 0 spiro atoms. The SMILES string of the molecule is O=C(O)c1ccc(NC(=O)C(O)c2ccccc2)cc1Cl. The Balaban J connectivity index is 2.13. The molecule has 1 atom stereocenters. The fourth-order valence-electron chi connectivity index (χ4n) is 1.76. The van der Waals surface area contributed by atoms with Crippen molar-refractivity contribution in [1.29, 1.82) is 0 Å². The van der Waals surface area contributed by atoms with Gasteiger partial charge < -0.3 is 15.5 Å². The zero-order valence-electron chi connectivity index (χ0n) is 10.8. The van der Waals surface area contributed by atoms with Crippen LogP contribution >= 0.6 is 11.6 Å². The fraction of sp³-hybridized carbons (Fsp3) is 0.0667. The van der Waals surface area contributed by atoms with Crippen LogP contribution in [0.1, 0.15) is 22.0 Å². The topological polar surface area (TPSA) is 86.6 Å². The first-order valence-electron chi connectivity index (χ1n) is 6.06. The molecule has 0 saturated heterocycles. The van der Waals surface area contributed by atoms with Crippen molar-refractivity contribution in [3.8, 4) is 0 Å². The molecule has 0 aliphatic heterocycles. The molecule has 6 heteroatoms. The van der Waals surface area contributed by atoms with Crippen molar-refractivity contribution >= 4 is 29.2 Å². The van der Waals surface area contributed by atoms with Gasteiger partial charge in [0.05, 0.1) is 10.6 Å². The Morgan fingerprint density at radius 2 is 1.76 bits per heavy atom. The highest BCUT2D eigenvalue weighted by Crippen LogP contribution is 2.22. The van der Waals surface area contributed by atoms with Gasteiger partial charge in [0.15, 0.2) is 6.10 Å². The molecule has 2 aromatic rings. The van der Waals surface area contributed by atoms with Gasteiger partial charge in [-0.15, -0.1) is 0 Å². The average Bonchev–Trinajstić information content (AvgIpc) is 2.47. The van der Waals surface area contributed by atoms with E-state index in [4.69, 9.17) is 16.7 Å². The second-order valence-electron chi connectivity index (χ2n) is 4.30. The Labute approximate surface area is 125 Å². The largest absolute Gasteiger partial charge is 0.478 e. The first-order chi connectivity index (χ1) is 9.99. The summed E-state index contributed by atoms with van der Waals surface area (Å²) >= 11 is 5.81. The van der Waals surface area contributed by atoms with Gasteiger partial charge in [0.2, 0.25) is 0 Å². The number of carbonyl (C=O) groups is 2. The lowest BCUT2D eigenvalue weighted by molar-refractivity contribution is -0.124. The molecule has 21 heavy (non-hydrogen) atoms. The third-order valence-corrected chi connectivity index (χ3v) is 3.14. The van der Waals surface area contributed by atoms with Crippen LogP contribution in [-0.4, -0.2) is 22.1 Å². The van der Waals surface area contributed by atoms with Gasteiger partial charge in [0, 0.05) is 5.69 Å². The van der Waals surface area contributed by atoms with E-state index in [0.717, 1.165) is 0 Å². The summed E-state index contributed by atoms with van der Waals surface area (Å²) < 4.78 is 0. The molecular weight excluding hydrogens is 294 g/mol. The zero-order chi connectivity index (χ0) is 15.4. The number of halogens is 1. The van der Waals surface area contributed by atoms with Crippen LogP contribution in [0.3, 0.4) is 0 Å². The van der Waals surface area contributed by atoms with Gasteiger partial charge in [-0.3, -0.25) is 4.79 Å². The molecule has 0 fully saturated rings. The van der Waals surface area contributed by atoms with Crippen molar-refractivity contribution in [2.45, 2.75) is 6.10 Å².